The Morgan fingerprint density at radius 1 is 1.15 bits per heavy atom. The van der Waals surface area contributed by atoms with Crippen molar-refractivity contribution in [1.29, 1.82) is 0 Å². The number of ether oxygens (including phenoxy) is 1. The predicted molar refractivity (Wildman–Crippen MR) is 132 cm³/mol. The highest BCUT2D eigenvalue weighted by Gasteiger charge is 2.16. The van der Waals surface area contributed by atoms with Gasteiger partial charge in [-0.3, -0.25) is 10.2 Å². The summed E-state index contributed by atoms with van der Waals surface area (Å²) < 4.78 is 18.8. The number of phenolic OH excluding ortho intramolecular Hbond substituents is 1. The zero-order valence-electron chi connectivity index (χ0n) is 18.2. The lowest BCUT2D eigenvalue weighted by atomic mass is 10.1. The fraction of sp³-hybridized carbons (Fsp3) is 0.0800. The molecule has 0 saturated carbocycles. The molecule has 4 aromatic rings. The monoisotopic (exact) mass is 476 g/mol. The van der Waals surface area contributed by atoms with E-state index >= 15 is 0 Å². The molecule has 0 spiro atoms. The summed E-state index contributed by atoms with van der Waals surface area (Å²) in [5.74, 6) is -0.229. The Hall–Kier alpha value is -4.24. The van der Waals surface area contributed by atoms with Crippen molar-refractivity contribution < 1.29 is 19.0 Å². The predicted octanol–water partition coefficient (Wildman–Crippen LogP) is 5.75. The fourth-order valence-electron chi connectivity index (χ4n) is 3.07. The van der Waals surface area contributed by atoms with Crippen LogP contribution >= 0.6 is 11.3 Å². The number of aromatic nitrogens is 1. The minimum atomic E-state index is -0.364. The lowest BCUT2D eigenvalue weighted by molar-refractivity contribution is 0.102. The maximum absolute atomic E-state index is 13.4. The van der Waals surface area contributed by atoms with Gasteiger partial charge in [0.2, 0.25) is 5.13 Å². The Morgan fingerprint density at radius 2 is 1.91 bits per heavy atom. The summed E-state index contributed by atoms with van der Waals surface area (Å²) in [6.07, 6.45) is 1.56. The third-order valence-corrected chi connectivity index (χ3v) is 5.54. The van der Waals surface area contributed by atoms with Crippen molar-refractivity contribution in [1.82, 2.24) is 4.98 Å². The Morgan fingerprint density at radius 3 is 2.65 bits per heavy atom. The summed E-state index contributed by atoms with van der Waals surface area (Å²) in [4.78, 5) is 17.2. The van der Waals surface area contributed by atoms with Crippen LogP contribution in [0.15, 0.2) is 77.9 Å². The van der Waals surface area contributed by atoms with Gasteiger partial charge < -0.3 is 15.2 Å². The van der Waals surface area contributed by atoms with Gasteiger partial charge in [0.25, 0.3) is 5.91 Å². The van der Waals surface area contributed by atoms with Crippen molar-refractivity contribution in [2.45, 2.75) is 6.92 Å². The van der Waals surface area contributed by atoms with Gasteiger partial charge in [0.15, 0.2) is 11.5 Å². The van der Waals surface area contributed by atoms with Gasteiger partial charge >= 0.3 is 0 Å². The smallest absolute Gasteiger partial charge is 0.256 e. The summed E-state index contributed by atoms with van der Waals surface area (Å²) >= 11 is 1.20. The molecule has 9 heteroatoms. The Bertz CT molecular complexity index is 1310. The normalized spacial score (nSPS) is 10.9. The molecule has 4 rings (SSSR count). The molecule has 0 radical (unpaired) electrons. The molecule has 1 amide bonds. The van der Waals surface area contributed by atoms with Gasteiger partial charge in [0.1, 0.15) is 16.5 Å². The quantitative estimate of drug-likeness (QED) is 0.222. The zero-order valence-corrected chi connectivity index (χ0v) is 19.0. The summed E-state index contributed by atoms with van der Waals surface area (Å²) in [5.41, 5.74) is 5.22. The number of nitrogens with one attached hydrogen (secondary N) is 2. The van der Waals surface area contributed by atoms with Crippen molar-refractivity contribution in [3.05, 3.63) is 89.7 Å². The number of rotatable bonds is 8. The van der Waals surface area contributed by atoms with Crippen molar-refractivity contribution in [3.8, 4) is 22.8 Å². The van der Waals surface area contributed by atoms with Gasteiger partial charge in [-0.15, -0.1) is 0 Å². The van der Waals surface area contributed by atoms with E-state index in [-0.39, 0.29) is 17.5 Å². The molecule has 3 aromatic carbocycles. The van der Waals surface area contributed by atoms with Crippen LogP contribution in [0.5, 0.6) is 11.5 Å². The molecule has 0 unspecified atom stereocenters. The standard InChI is InChI=1S/C25H21FN4O3S/c1-2-33-21-14-16(8-13-20(21)31)15-27-30-25-28-22(17-9-11-19(26)12-10-17)24(34-25)29-23(32)18-6-4-3-5-7-18/h3-15,31H,2H2,1H3,(H,28,30)(H,29,32)/b27-15+. The van der Waals surface area contributed by atoms with E-state index in [1.807, 2.05) is 13.0 Å². The molecule has 0 saturated heterocycles. The molecule has 0 fully saturated rings. The van der Waals surface area contributed by atoms with Crippen LogP contribution in [-0.4, -0.2) is 28.8 Å². The van der Waals surface area contributed by atoms with Crippen LogP contribution in [0, 0.1) is 5.82 Å². The number of hydrogen-bond donors (Lipinski definition) is 3. The number of carbonyl (C=O) groups is 1. The van der Waals surface area contributed by atoms with Crippen LogP contribution in [0.2, 0.25) is 0 Å². The highest BCUT2D eigenvalue weighted by molar-refractivity contribution is 7.20. The summed E-state index contributed by atoms with van der Waals surface area (Å²) in [7, 11) is 0. The number of phenols is 1. The van der Waals surface area contributed by atoms with Gasteiger partial charge in [-0.25, -0.2) is 9.37 Å². The van der Waals surface area contributed by atoms with E-state index in [0.29, 0.717) is 44.9 Å². The van der Waals surface area contributed by atoms with Gasteiger partial charge in [-0.1, -0.05) is 29.5 Å². The number of nitrogens with zero attached hydrogens (tertiary/aromatic N) is 2. The minimum absolute atomic E-state index is 0.0506. The molecular weight excluding hydrogens is 455 g/mol. The molecule has 3 N–H and O–H groups in total. The summed E-state index contributed by atoms with van der Waals surface area (Å²) in [6, 6.07) is 19.6. The Balaban J connectivity index is 1.57. The SMILES string of the molecule is CCOc1cc(/C=N/Nc2nc(-c3ccc(F)cc3)c(NC(=O)c3ccccc3)s2)ccc1O. The molecule has 0 aliphatic heterocycles. The number of amides is 1. The van der Waals surface area contributed by atoms with Crippen LogP contribution in [0.25, 0.3) is 11.3 Å². The molecule has 0 aliphatic carbocycles. The molecule has 0 atom stereocenters. The largest absolute Gasteiger partial charge is 0.504 e. The molecule has 0 aliphatic rings. The van der Waals surface area contributed by atoms with E-state index in [0.717, 1.165) is 0 Å². The third kappa shape index (κ3) is 5.57. The Kier molecular flexibility index (Phi) is 7.14. The topological polar surface area (TPSA) is 95.8 Å². The average Bonchev–Trinajstić information content (AvgIpc) is 3.24. The number of aromatic hydroxyl groups is 1. The molecule has 172 valence electrons. The van der Waals surface area contributed by atoms with Crippen molar-refractivity contribution in [3.63, 3.8) is 0 Å². The molecule has 34 heavy (non-hydrogen) atoms. The number of hydrazone groups is 1. The van der Waals surface area contributed by atoms with Gasteiger partial charge in [0.05, 0.1) is 12.8 Å². The van der Waals surface area contributed by atoms with E-state index in [2.05, 4.69) is 20.8 Å². The maximum atomic E-state index is 13.4. The van der Waals surface area contributed by atoms with Crippen molar-refractivity contribution >= 4 is 33.6 Å². The molecule has 1 heterocycles. The number of anilines is 2. The molecular formula is C25H21FN4O3S. The molecule has 0 bridgehead atoms. The van der Waals surface area contributed by atoms with Crippen LogP contribution in [0.1, 0.15) is 22.8 Å². The third-order valence-electron chi connectivity index (χ3n) is 4.67. The Labute approximate surface area is 199 Å². The van der Waals surface area contributed by atoms with Crippen molar-refractivity contribution in [2.75, 3.05) is 17.3 Å². The lowest BCUT2D eigenvalue weighted by Gasteiger charge is -2.05. The first-order valence-electron chi connectivity index (χ1n) is 10.4. The van der Waals surface area contributed by atoms with E-state index in [4.69, 9.17) is 4.74 Å². The first-order chi connectivity index (χ1) is 16.5. The highest BCUT2D eigenvalue weighted by Crippen LogP contribution is 2.36. The van der Waals surface area contributed by atoms with Gasteiger partial charge in [-0.2, -0.15) is 5.10 Å². The molecule has 1 aromatic heterocycles. The van der Waals surface area contributed by atoms with Crippen molar-refractivity contribution in [2.24, 2.45) is 5.10 Å². The van der Waals surface area contributed by atoms with Crippen LogP contribution in [0.3, 0.4) is 0 Å². The highest BCUT2D eigenvalue weighted by atomic mass is 32.1. The second kappa shape index (κ2) is 10.6. The van der Waals surface area contributed by atoms with E-state index in [1.54, 1.807) is 54.7 Å². The molecule has 7 nitrogen and oxygen atoms in total. The number of halogens is 1. The van der Waals surface area contributed by atoms with E-state index in [9.17, 15) is 14.3 Å². The van der Waals surface area contributed by atoms with Gasteiger partial charge in [0, 0.05) is 11.1 Å². The fourth-order valence-corrected chi connectivity index (χ4v) is 3.90. The first kappa shape index (κ1) is 22.9. The second-order valence-corrected chi connectivity index (χ2v) is 8.05. The van der Waals surface area contributed by atoms with Crippen LogP contribution in [0.4, 0.5) is 14.5 Å². The number of carbonyl (C=O) groups excluding carboxylic acids is 1. The first-order valence-corrected chi connectivity index (χ1v) is 11.2. The maximum Gasteiger partial charge on any atom is 0.256 e. The van der Waals surface area contributed by atoms with E-state index < -0.39 is 0 Å². The van der Waals surface area contributed by atoms with Crippen LogP contribution < -0.4 is 15.5 Å². The summed E-state index contributed by atoms with van der Waals surface area (Å²) in [5, 5.41) is 17.9. The number of benzene rings is 3. The van der Waals surface area contributed by atoms with E-state index in [1.165, 1.54) is 29.5 Å². The minimum Gasteiger partial charge on any atom is -0.504 e. The average molecular weight is 477 g/mol. The zero-order chi connectivity index (χ0) is 23.9. The number of hydrogen-bond acceptors (Lipinski definition) is 7. The lowest BCUT2D eigenvalue weighted by Crippen LogP contribution is -2.11. The number of thiazole rings is 1. The van der Waals surface area contributed by atoms with Gasteiger partial charge in [-0.05, 0) is 67.1 Å². The van der Waals surface area contributed by atoms with Crippen LogP contribution in [-0.2, 0) is 0 Å². The second-order valence-electron chi connectivity index (χ2n) is 7.05. The summed E-state index contributed by atoms with van der Waals surface area (Å²) in [6.45, 7) is 2.26.